The lowest BCUT2D eigenvalue weighted by atomic mass is 9.96. The Bertz CT molecular complexity index is 988. The highest BCUT2D eigenvalue weighted by Gasteiger charge is 2.30. The number of piperazine rings is 1. The first-order valence-corrected chi connectivity index (χ1v) is 11.4. The topological polar surface area (TPSA) is 32.8 Å². The van der Waals surface area contributed by atoms with Crippen LogP contribution in [0.1, 0.15) is 35.2 Å². The molecule has 0 radical (unpaired) electrons. The van der Waals surface area contributed by atoms with Crippen LogP contribution < -0.4 is 4.74 Å². The molecule has 0 bridgehead atoms. The van der Waals surface area contributed by atoms with Gasteiger partial charge >= 0.3 is 0 Å². The van der Waals surface area contributed by atoms with Gasteiger partial charge in [0.1, 0.15) is 5.75 Å². The van der Waals surface area contributed by atoms with E-state index in [0.29, 0.717) is 13.1 Å². The summed E-state index contributed by atoms with van der Waals surface area (Å²) in [6.07, 6.45) is -0.498. The van der Waals surface area contributed by atoms with E-state index in [1.54, 1.807) is 0 Å². The monoisotopic (exact) mass is 428 g/mol. The van der Waals surface area contributed by atoms with E-state index in [1.807, 2.05) is 30.0 Å². The maximum absolute atomic E-state index is 13.1. The zero-order chi connectivity index (χ0) is 22.5. The summed E-state index contributed by atoms with van der Waals surface area (Å²) in [6.45, 7) is 9.05. The molecule has 1 saturated heterocycles. The van der Waals surface area contributed by atoms with Gasteiger partial charge in [-0.05, 0) is 55.2 Å². The minimum absolute atomic E-state index is 0.0545. The van der Waals surface area contributed by atoms with Crippen LogP contribution in [0.5, 0.6) is 5.75 Å². The fourth-order valence-electron chi connectivity index (χ4n) is 4.38. The molecule has 3 aromatic rings. The SMILES string of the molecule is Cc1ccc(O[C@@H](C)C(=O)N2CCN(C(c3ccccc3)c3ccccc3)CC2)cc1C. The molecule has 1 aliphatic rings. The van der Waals surface area contributed by atoms with Gasteiger partial charge in [-0.3, -0.25) is 9.69 Å². The molecule has 0 aromatic heterocycles. The molecule has 0 unspecified atom stereocenters. The van der Waals surface area contributed by atoms with E-state index in [9.17, 15) is 4.79 Å². The Morgan fingerprint density at radius 2 is 1.34 bits per heavy atom. The third-order valence-corrected chi connectivity index (χ3v) is 6.36. The first kappa shape index (κ1) is 22.1. The van der Waals surface area contributed by atoms with Crippen molar-refractivity contribution in [3.63, 3.8) is 0 Å². The first-order chi connectivity index (χ1) is 15.5. The molecule has 166 valence electrons. The van der Waals surface area contributed by atoms with Gasteiger partial charge in [0.25, 0.3) is 5.91 Å². The van der Waals surface area contributed by atoms with Crippen molar-refractivity contribution in [1.82, 2.24) is 9.80 Å². The lowest BCUT2D eigenvalue weighted by molar-refractivity contribution is -0.140. The summed E-state index contributed by atoms with van der Waals surface area (Å²) >= 11 is 0. The van der Waals surface area contributed by atoms with Gasteiger partial charge in [-0.15, -0.1) is 0 Å². The fourth-order valence-corrected chi connectivity index (χ4v) is 4.38. The van der Waals surface area contributed by atoms with Crippen LogP contribution in [0.2, 0.25) is 0 Å². The summed E-state index contributed by atoms with van der Waals surface area (Å²) < 4.78 is 5.97. The summed E-state index contributed by atoms with van der Waals surface area (Å²) in [5.74, 6) is 0.805. The largest absolute Gasteiger partial charge is 0.481 e. The van der Waals surface area contributed by atoms with Crippen LogP contribution >= 0.6 is 0 Å². The minimum Gasteiger partial charge on any atom is -0.481 e. The van der Waals surface area contributed by atoms with Crippen LogP contribution in [0.3, 0.4) is 0 Å². The summed E-state index contributed by atoms with van der Waals surface area (Å²) in [7, 11) is 0. The van der Waals surface area contributed by atoms with E-state index in [-0.39, 0.29) is 11.9 Å². The predicted octanol–water partition coefficient (Wildman–Crippen LogP) is 5.00. The molecular formula is C28H32N2O2. The highest BCUT2D eigenvalue weighted by molar-refractivity contribution is 5.81. The highest BCUT2D eigenvalue weighted by atomic mass is 16.5. The molecule has 3 aromatic carbocycles. The fraction of sp³-hybridized carbons (Fsp3) is 0.321. The number of aryl methyl sites for hydroxylation is 2. The van der Waals surface area contributed by atoms with Gasteiger partial charge < -0.3 is 9.64 Å². The zero-order valence-corrected chi connectivity index (χ0v) is 19.2. The lowest BCUT2D eigenvalue weighted by Crippen LogP contribution is -2.52. The average molecular weight is 429 g/mol. The minimum atomic E-state index is -0.498. The standard InChI is InChI=1S/C28H32N2O2/c1-21-14-15-26(20-22(21)2)32-23(3)28(31)30-18-16-29(17-19-30)27(24-10-6-4-7-11-24)25-12-8-5-9-13-25/h4-15,20,23,27H,16-19H2,1-3H3/t23-/m0/s1. The normalized spacial score (nSPS) is 15.6. The molecule has 0 aliphatic carbocycles. The van der Waals surface area contributed by atoms with Crippen molar-refractivity contribution in [1.29, 1.82) is 0 Å². The Morgan fingerprint density at radius 1 is 0.781 bits per heavy atom. The number of ether oxygens (including phenoxy) is 1. The highest BCUT2D eigenvalue weighted by Crippen LogP contribution is 2.29. The Hall–Kier alpha value is -3.11. The van der Waals surface area contributed by atoms with Crippen LogP contribution in [0.25, 0.3) is 0 Å². The maximum Gasteiger partial charge on any atom is 0.263 e. The quantitative estimate of drug-likeness (QED) is 0.554. The second kappa shape index (κ2) is 10.0. The number of benzene rings is 3. The second-order valence-electron chi connectivity index (χ2n) is 8.59. The zero-order valence-electron chi connectivity index (χ0n) is 19.2. The van der Waals surface area contributed by atoms with Crippen molar-refractivity contribution in [2.75, 3.05) is 26.2 Å². The Morgan fingerprint density at radius 3 is 1.88 bits per heavy atom. The van der Waals surface area contributed by atoms with Crippen molar-refractivity contribution >= 4 is 5.91 Å². The Kier molecular flexibility index (Phi) is 6.91. The van der Waals surface area contributed by atoms with E-state index in [0.717, 1.165) is 18.8 Å². The number of hydrogen-bond acceptors (Lipinski definition) is 3. The summed E-state index contributed by atoms with van der Waals surface area (Å²) in [5, 5.41) is 0. The number of hydrogen-bond donors (Lipinski definition) is 0. The van der Waals surface area contributed by atoms with Crippen molar-refractivity contribution in [3.8, 4) is 5.75 Å². The number of carbonyl (C=O) groups is 1. The van der Waals surface area contributed by atoms with E-state index >= 15 is 0 Å². The van der Waals surface area contributed by atoms with E-state index < -0.39 is 6.10 Å². The summed E-state index contributed by atoms with van der Waals surface area (Å²) in [4.78, 5) is 17.5. The average Bonchev–Trinajstić information content (AvgIpc) is 2.83. The van der Waals surface area contributed by atoms with Crippen LogP contribution in [-0.4, -0.2) is 48.0 Å². The number of rotatable bonds is 6. The smallest absolute Gasteiger partial charge is 0.263 e. The molecule has 1 heterocycles. The Balaban J connectivity index is 1.41. The van der Waals surface area contributed by atoms with E-state index in [1.165, 1.54) is 22.3 Å². The van der Waals surface area contributed by atoms with Crippen molar-refractivity contribution in [3.05, 3.63) is 101 Å². The third-order valence-electron chi connectivity index (χ3n) is 6.36. The number of nitrogens with zero attached hydrogens (tertiary/aromatic N) is 2. The molecule has 32 heavy (non-hydrogen) atoms. The van der Waals surface area contributed by atoms with Crippen molar-refractivity contribution in [2.45, 2.75) is 32.9 Å². The van der Waals surface area contributed by atoms with Crippen molar-refractivity contribution in [2.24, 2.45) is 0 Å². The van der Waals surface area contributed by atoms with Gasteiger partial charge in [-0.1, -0.05) is 66.7 Å². The maximum atomic E-state index is 13.1. The van der Waals surface area contributed by atoms with E-state index in [4.69, 9.17) is 4.74 Å². The molecule has 1 amide bonds. The molecule has 4 nitrogen and oxygen atoms in total. The molecule has 0 spiro atoms. The van der Waals surface area contributed by atoms with Crippen LogP contribution in [0.15, 0.2) is 78.9 Å². The molecule has 1 aliphatic heterocycles. The van der Waals surface area contributed by atoms with Gasteiger partial charge in [-0.25, -0.2) is 0 Å². The number of amides is 1. The van der Waals surface area contributed by atoms with Crippen LogP contribution in [0.4, 0.5) is 0 Å². The third kappa shape index (κ3) is 5.03. The van der Waals surface area contributed by atoms with Gasteiger partial charge in [0.15, 0.2) is 6.10 Å². The molecule has 0 saturated carbocycles. The molecular weight excluding hydrogens is 396 g/mol. The number of carbonyl (C=O) groups excluding carboxylic acids is 1. The summed E-state index contributed by atoms with van der Waals surface area (Å²) in [6, 6.07) is 27.4. The summed E-state index contributed by atoms with van der Waals surface area (Å²) in [5.41, 5.74) is 4.96. The van der Waals surface area contributed by atoms with E-state index in [2.05, 4.69) is 79.4 Å². The molecule has 4 rings (SSSR count). The molecule has 0 N–H and O–H groups in total. The van der Waals surface area contributed by atoms with Gasteiger partial charge in [0.2, 0.25) is 0 Å². The second-order valence-corrected chi connectivity index (χ2v) is 8.59. The van der Waals surface area contributed by atoms with Gasteiger partial charge in [-0.2, -0.15) is 0 Å². The molecule has 1 fully saturated rings. The predicted molar refractivity (Wildman–Crippen MR) is 129 cm³/mol. The van der Waals surface area contributed by atoms with Gasteiger partial charge in [0, 0.05) is 26.2 Å². The first-order valence-electron chi connectivity index (χ1n) is 11.4. The lowest BCUT2D eigenvalue weighted by Gasteiger charge is -2.40. The molecule has 4 heteroatoms. The Labute approximate surface area is 191 Å². The van der Waals surface area contributed by atoms with Crippen LogP contribution in [-0.2, 0) is 4.79 Å². The van der Waals surface area contributed by atoms with Crippen LogP contribution in [0, 0.1) is 13.8 Å². The van der Waals surface area contributed by atoms with Crippen molar-refractivity contribution < 1.29 is 9.53 Å². The van der Waals surface area contributed by atoms with Gasteiger partial charge in [0.05, 0.1) is 6.04 Å². The molecule has 1 atom stereocenters.